The molecule has 0 saturated heterocycles. The molecule has 0 radical (unpaired) electrons. The van der Waals surface area contributed by atoms with E-state index in [0.717, 1.165) is 11.7 Å². The molecule has 1 fully saturated rings. The van der Waals surface area contributed by atoms with Crippen LogP contribution in [0.4, 0.5) is 0 Å². The molecule has 0 spiro atoms. The van der Waals surface area contributed by atoms with Gasteiger partial charge >= 0.3 is 0 Å². The second-order valence-corrected chi connectivity index (χ2v) is 4.40. The van der Waals surface area contributed by atoms with Crippen LogP contribution >= 0.6 is 0 Å². The zero-order chi connectivity index (χ0) is 10.7. The van der Waals surface area contributed by atoms with Gasteiger partial charge in [0.25, 0.3) is 5.88 Å². The molecule has 0 aliphatic heterocycles. The summed E-state index contributed by atoms with van der Waals surface area (Å²) in [5.74, 6) is 3.08. The summed E-state index contributed by atoms with van der Waals surface area (Å²) < 4.78 is 10.3. The van der Waals surface area contributed by atoms with Gasteiger partial charge in [0.05, 0.1) is 7.11 Å². The second kappa shape index (κ2) is 4.69. The molecule has 1 aliphatic rings. The van der Waals surface area contributed by atoms with Crippen molar-refractivity contribution >= 4 is 0 Å². The van der Waals surface area contributed by atoms with Gasteiger partial charge in [0.15, 0.2) is 0 Å². The smallest absolute Gasteiger partial charge is 0.254 e. The van der Waals surface area contributed by atoms with E-state index >= 15 is 0 Å². The highest BCUT2D eigenvalue weighted by Gasteiger charge is 2.24. The molecule has 84 valence electrons. The minimum absolute atomic E-state index is 0.559. The number of hydrogen-bond donors (Lipinski definition) is 0. The van der Waals surface area contributed by atoms with Crippen molar-refractivity contribution in [3.8, 4) is 5.88 Å². The van der Waals surface area contributed by atoms with Crippen LogP contribution < -0.4 is 4.74 Å². The highest BCUT2D eigenvalue weighted by atomic mass is 16.5. The van der Waals surface area contributed by atoms with E-state index in [2.05, 4.69) is 12.1 Å². The summed E-state index contributed by atoms with van der Waals surface area (Å²) >= 11 is 0. The van der Waals surface area contributed by atoms with E-state index < -0.39 is 0 Å². The van der Waals surface area contributed by atoms with Crippen LogP contribution in [0, 0.1) is 5.92 Å². The van der Waals surface area contributed by atoms with Crippen LogP contribution in [-0.4, -0.2) is 12.3 Å². The first-order chi connectivity index (χ1) is 7.33. The maximum Gasteiger partial charge on any atom is 0.254 e. The average Bonchev–Trinajstić information content (AvgIpc) is 2.78. The number of aromatic nitrogens is 1. The van der Waals surface area contributed by atoms with E-state index in [1.807, 2.05) is 6.07 Å². The lowest BCUT2D eigenvalue weighted by Gasteiger charge is -2.25. The van der Waals surface area contributed by atoms with Crippen LogP contribution in [0.15, 0.2) is 10.6 Å². The first-order valence-electron chi connectivity index (χ1n) is 5.84. The normalized spacial score (nSPS) is 26.5. The van der Waals surface area contributed by atoms with E-state index in [1.165, 1.54) is 32.1 Å². The Kier molecular flexibility index (Phi) is 3.29. The predicted molar refractivity (Wildman–Crippen MR) is 58.0 cm³/mol. The lowest BCUT2D eigenvalue weighted by atomic mass is 9.80. The first kappa shape index (κ1) is 10.5. The van der Waals surface area contributed by atoms with Crippen LogP contribution in [0.25, 0.3) is 0 Å². The van der Waals surface area contributed by atoms with Crippen molar-refractivity contribution in [3.05, 3.63) is 11.8 Å². The molecule has 15 heavy (non-hydrogen) atoms. The number of rotatable bonds is 3. The Hall–Kier alpha value is -0.990. The summed E-state index contributed by atoms with van der Waals surface area (Å²) in [5, 5.41) is 3.85. The van der Waals surface area contributed by atoms with E-state index in [-0.39, 0.29) is 0 Å². The van der Waals surface area contributed by atoms with Gasteiger partial charge in [0.2, 0.25) is 0 Å². The Bertz CT molecular complexity index is 300. The van der Waals surface area contributed by atoms with Gasteiger partial charge in [-0.3, -0.25) is 0 Å². The van der Waals surface area contributed by atoms with E-state index in [4.69, 9.17) is 9.26 Å². The maximum atomic E-state index is 5.29. The van der Waals surface area contributed by atoms with Gasteiger partial charge in [0.1, 0.15) is 5.76 Å². The standard InChI is InChI=1S/C12H19NO2/c1-3-9-4-6-10(7-5-9)11-8-12(14-2)13-15-11/h8-10H,3-7H2,1-2H3. The summed E-state index contributed by atoms with van der Waals surface area (Å²) in [4.78, 5) is 0. The monoisotopic (exact) mass is 209 g/mol. The van der Waals surface area contributed by atoms with E-state index in [0.29, 0.717) is 11.8 Å². The molecule has 0 N–H and O–H groups in total. The Morgan fingerprint density at radius 2 is 2.13 bits per heavy atom. The molecule has 1 saturated carbocycles. The summed E-state index contributed by atoms with van der Waals surface area (Å²) in [7, 11) is 1.62. The molecule has 0 bridgehead atoms. The Morgan fingerprint density at radius 3 is 2.67 bits per heavy atom. The van der Waals surface area contributed by atoms with Crippen molar-refractivity contribution < 1.29 is 9.26 Å². The summed E-state index contributed by atoms with van der Waals surface area (Å²) in [6.45, 7) is 2.28. The first-order valence-corrected chi connectivity index (χ1v) is 5.84. The Morgan fingerprint density at radius 1 is 1.40 bits per heavy atom. The van der Waals surface area contributed by atoms with Gasteiger partial charge < -0.3 is 9.26 Å². The van der Waals surface area contributed by atoms with Crippen LogP contribution in [0.5, 0.6) is 5.88 Å². The molecule has 0 unspecified atom stereocenters. The molecule has 3 heteroatoms. The van der Waals surface area contributed by atoms with Crippen molar-refractivity contribution in [2.45, 2.75) is 44.9 Å². The van der Waals surface area contributed by atoms with E-state index in [1.54, 1.807) is 7.11 Å². The summed E-state index contributed by atoms with van der Waals surface area (Å²) in [5.41, 5.74) is 0. The molecule has 1 aliphatic carbocycles. The topological polar surface area (TPSA) is 35.3 Å². The quantitative estimate of drug-likeness (QED) is 0.765. The average molecular weight is 209 g/mol. The van der Waals surface area contributed by atoms with Gasteiger partial charge in [-0.2, -0.15) is 0 Å². The molecular weight excluding hydrogens is 190 g/mol. The zero-order valence-electron chi connectivity index (χ0n) is 9.53. The number of nitrogens with zero attached hydrogens (tertiary/aromatic N) is 1. The lowest BCUT2D eigenvalue weighted by Crippen LogP contribution is -2.12. The van der Waals surface area contributed by atoms with Gasteiger partial charge in [-0.25, -0.2) is 0 Å². The highest BCUT2D eigenvalue weighted by molar-refractivity contribution is 5.14. The third-order valence-corrected chi connectivity index (χ3v) is 3.54. The summed E-state index contributed by atoms with van der Waals surface area (Å²) in [6.07, 6.45) is 6.43. The predicted octanol–water partition coefficient (Wildman–Crippen LogP) is 3.37. The minimum Gasteiger partial charge on any atom is -0.479 e. The Labute approximate surface area is 90.8 Å². The van der Waals surface area contributed by atoms with Gasteiger partial charge in [-0.1, -0.05) is 13.3 Å². The van der Waals surface area contributed by atoms with Gasteiger partial charge in [0, 0.05) is 12.0 Å². The van der Waals surface area contributed by atoms with Crippen LogP contribution in [0.1, 0.15) is 50.7 Å². The molecule has 2 rings (SSSR count). The Balaban J connectivity index is 1.95. The van der Waals surface area contributed by atoms with Gasteiger partial charge in [-0.15, -0.1) is 0 Å². The molecule has 1 heterocycles. The SMILES string of the molecule is CCC1CCC(c2cc(OC)no2)CC1. The third-order valence-electron chi connectivity index (χ3n) is 3.54. The zero-order valence-corrected chi connectivity index (χ0v) is 9.53. The fourth-order valence-corrected chi connectivity index (χ4v) is 2.42. The number of hydrogen-bond acceptors (Lipinski definition) is 3. The third kappa shape index (κ3) is 2.33. The number of methoxy groups -OCH3 is 1. The van der Waals surface area contributed by atoms with Crippen molar-refractivity contribution in [3.63, 3.8) is 0 Å². The summed E-state index contributed by atoms with van der Waals surface area (Å²) in [6, 6.07) is 1.93. The molecule has 1 aromatic rings. The van der Waals surface area contributed by atoms with Crippen molar-refractivity contribution in [2.24, 2.45) is 5.92 Å². The fourth-order valence-electron chi connectivity index (χ4n) is 2.42. The molecule has 0 aromatic carbocycles. The lowest BCUT2D eigenvalue weighted by molar-refractivity contribution is 0.266. The van der Waals surface area contributed by atoms with Gasteiger partial charge in [-0.05, 0) is 36.8 Å². The van der Waals surface area contributed by atoms with E-state index in [9.17, 15) is 0 Å². The van der Waals surface area contributed by atoms with Crippen molar-refractivity contribution in [1.82, 2.24) is 5.16 Å². The molecule has 0 atom stereocenters. The molecular formula is C12H19NO2. The fraction of sp³-hybridized carbons (Fsp3) is 0.750. The molecule has 1 aromatic heterocycles. The van der Waals surface area contributed by atoms with Crippen LogP contribution in [0.2, 0.25) is 0 Å². The van der Waals surface area contributed by atoms with Crippen LogP contribution in [0.3, 0.4) is 0 Å². The number of ether oxygens (including phenoxy) is 1. The largest absolute Gasteiger partial charge is 0.479 e. The molecule has 3 nitrogen and oxygen atoms in total. The minimum atomic E-state index is 0.559. The van der Waals surface area contributed by atoms with Crippen molar-refractivity contribution in [2.75, 3.05) is 7.11 Å². The highest BCUT2D eigenvalue weighted by Crippen LogP contribution is 2.37. The van der Waals surface area contributed by atoms with Crippen molar-refractivity contribution in [1.29, 1.82) is 0 Å². The molecule has 0 amide bonds. The second-order valence-electron chi connectivity index (χ2n) is 4.40. The van der Waals surface area contributed by atoms with Crippen LogP contribution in [-0.2, 0) is 0 Å². The maximum absolute atomic E-state index is 5.29.